The molecule has 0 radical (unpaired) electrons. The van der Waals surface area contributed by atoms with E-state index in [1.54, 1.807) is 17.3 Å². The highest BCUT2D eigenvalue weighted by atomic mass is 35.5. The van der Waals surface area contributed by atoms with Gasteiger partial charge in [0.15, 0.2) is 0 Å². The summed E-state index contributed by atoms with van der Waals surface area (Å²) in [5.41, 5.74) is 2.90. The van der Waals surface area contributed by atoms with Gasteiger partial charge in [0.25, 0.3) is 0 Å². The first-order valence-corrected chi connectivity index (χ1v) is 6.91. The lowest BCUT2D eigenvalue weighted by atomic mass is 10.1. The first-order valence-electron chi connectivity index (χ1n) is 5.49. The van der Waals surface area contributed by atoms with E-state index >= 15 is 0 Å². The first kappa shape index (κ1) is 13.6. The van der Waals surface area contributed by atoms with Gasteiger partial charge in [-0.05, 0) is 31.2 Å². The number of thioether (sulfide) groups is 1. The van der Waals surface area contributed by atoms with Gasteiger partial charge in [0.1, 0.15) is 0 Å². The van der Waals surface area contributed by atoms with Crippen molar-refractivity contribution in [2.24, 2.45) is 0 Å². The Balaban J connectivity index is 2.63. The topological polar surface area (TPSA) is 12.0 Å². The van der Waals surface area contributed by atoms with E-state index in [0.29, 0.717) is 6.04 Å². The fraction of sp³-hybridized carbons (Fsp3) is 0.385. The van der Waals surface area contributed by atoms with E-state index in [1.807, 2.05) is 6.08 Å². The first-order chi connectivity index (χ1) is 7.77. The number of halogens is 1. The third-order valence-corrected chi connectivity index (χ3v) is 3.43. The number of benzene rings is 1. The third kappa shape index (κ3) is 4.60. The minimum atomic E-state index is 0.411. The second-order valence-corrected chi connectivity index (χ2v) is 4.87. The van der Waals surface area contributed by atoms with Crippen molar-refractivity contribution in [1.82, 2.24) is 5.32 Å². The van der Waals surface area contributed by atoms with E-state index in [1.165, 1.54) is 10.5 Å². The summed E-state index contributed by atoms with van der Waals surface area (Å²) in [5, 5.41) is 3.41. The van der Waals surface area contributed by atoms with Gasteiger partial charge in [0.05, 0.1) is 0 Å². The Morgan fingerprint density at radius 2 is 2.31 bits per heavy atom. The molecule has 0 spiro atoms. The summed E-state index contributed by atoms with van der Waals surface area (Å²) < 4.78 is 0. The van der Waals surface area contributed by atoms with Gasteiger partial charge >= 0.3 is 0 Å². The van der Waals surface area contributed by atoms with Crippen LogP contribution in [0.4, 0.5) is 0 Å². The molecule has 1 rings (SSSR count). The third-order valence-electron chi connectivity index (χ3n) is 2.30. The van der Waals surface area contributed by atoms with Crippen LogP contribution in [0.5, 0.6) is 0 Å². The molecule has 1 aromatic rings. The van der Waals surface area contributed by atoms with Gasteiger partial charge in [-0.2, -0.15) is 0 Å². The molecule has 1 nitrogen and oxygen atoms in total. The number of hydrogen-bond donors (Lipinski definition) is 1. The average Bonchev–Trinajstić information content (AvgIpc) is 2.30. The maximum absolute atomic E-state index is 5.49. The van der Waals surface area contributed by atoms with Crippen molar-refractivity contribution in [2.75, 3.05) is 12.3 Å². The fourth-order valence-corrected chi connectivity index (χ4v) is 2.45. The second kappa shape index (κ2) is 7.77. The number of nitrogens with one attached hydrogen (secondary N) is 1. The lowest BCUT2D eigenvalue weighted by molar-refractivity contribution is 0.597. The van der Waals surface area contributed by atoms with Gasteiger partial charge in [-0.25, -0.2) is 0 Å². The molecule has 0 aliphatic heterocycles. The van der Waals surface area contributed by atoms with E-state index in [0.717, 1.165) is 12.3 Å². The molecule has 1 unspecified atom stereocenters. The zero-order valence-electron chi connectivity index (χ0n) is 9.74. The highest BCUT2D eigenvalue weighted by Gasteiger charge is 2.03. The lowest BCUT2D eigenvalue weighted by Crippen LogP contribution is -2.17. The van der Waals surface area contributed by atoms with Crippen molar-refractivity contribution in [3.63, 3.8) is 0 Å². The van der Waals surface area contributed by atoms with Crippen LogP contribution in [0.3, 0.4) is 0 Å². The van der Waals surface area contributed by atoms with Crippen LogP contribution in [-0.4, -0.2) is 12.3 Å². The van der Waals surface area contributed by atoms with Crippen LogP contribution in [0.15, 0.2) is 40.8 Å². The molecule has 0 aliphatic rings. The minimum Gasteiger partial charge on any atom is -0.310 e. The smallest absolute Gasteiger partial charge is 0.0292 e. The van der Waals surface area contributed by atoms with Crippen LogP contribution in [0, 0.1) is 0 Å². The predicted octanol–water partition coefficient (Wildman–Crippen LogP) is 4.20. The molecule has 1 aromatic carbocycles. The maximum Gasteiger partial charge on any atom is 0.0292 e. The van der Waals surface area contributed by atoms with Crippen molar-refractivity contribution in [1.29, 1.82) is 0 Å². The largest absolute Gasteiger partial charge is 0.310 e. The molecule has 0 bridgehead atoms. The van der Waals surface area contributed by atoms with Gasteiger partial charge in [0, 0.05) is 22.2 Å². The average molecular weight is 256 g/mol. The Kier molecular flexibility index (Phi) is 6.62. The summed E-state index contributed by atoms with van der Waals surface area (Å²) in [7, 11) is 0. The van der Waals surface area contributed by atoms with E-state index < -0.39 is 0 Å². The van der Waals surface area contributed by atoms with Gasteiger partial charge in [0.2, 0.25) is 0 Å². The van der Waals surface area contributed by atoms with Crippen molar-refractivity contribution in [3.05, 3.63) is 41.4 Å². The molecular formula is C13H18ClNS. The van der Waals surface area contributed by atoms with Crippen LogP contribution in [-0.2, 0) is 0 Å². The minimum absolute atomic E-state index is 0.411. The molecule has 1 atom stereocenters. The van der Waals surface area contributed by atoms with Gasteiger partial charge in [-0.3, -0.25) is 0 Å². The molecule has 3 heteroatoms. The van der Waals surface area contributed by atoms with Crippen molar-refractivity contribution >= 4 is 23.4 Å². The van der Waals surface area contributed by atoms with E-state index in [4.69, 9.17) is 11.6 Å². The van der Waals surface area contributed by atoms with Gasteiger partial charge in [-0.1, -0.05) is 36.7 Å². The molecule has 88 valence electrons. The Morgan fingerprint density at radius 1 is 1.50 bits per heavy atom. The normalized spacial score (nSPS) is 13.2. The SMILES string of the molecule is CCNC(C)c1cccc(SCC=CCl)c1. The second-order valence-electron chi connectivity index (χ2n) is 3.52. The van der Waals surface area contributed by atoms with E-state index in [9.17, 15) is 0 Å². The molecule has 0 fully saturated rings. The van der Waals surface area contributed by atoms with Crippen molar-refractivity contribution in [2.45, 2.75) is 24.8 Å². The zero-order valence-corrected chi connectivity index (χ0v) is 11.3. The molecule has 16 heavy (non-hydrogen) atoms. The summed E-state index contributed by atoms with van der Waals surface area (Å²) in [5.74, 6) is 0.919. The Hall–Kier alpha value is -0.440. The summed E-state index contributed by atoms with van der Waals surface area (Å²) >= 11 is 7.28. The number of rotatable bonds is 6. The summed E-state index contributed by atoms with van der Waals surface area (Å²) in [6, 6.07) is 9.05. The van der Waals surface area contributed by atoms with Crippen LogP contribution >= 0.6 is 23.4 Å². The monoisotopic (exact) mass is 255 g/mol. The Morgan fingerprint density at radius 3 is 3.00 bits per heavy atom. The summed E-state index contributed by atoms with van der Waals surface area (Å²) in [6.07, 6.45) is 1.95. The highest BCUT2D eigenvalue weighted by Crippen LogP contribution is 2.22. The standard InChI is InChI=1S/C13H18ClNS/c1-3-15-11(2)12-6-4-7-13(10-12)16-9-5-8-14/h4-8,10-11,15H,3,9H2,1-2H3. The molecule has 0 aromatic heterocycles. The van der Waals surface area contributed by atoms with Crippen molar-refractivity contribution < 1.29 is 0 Å². The molecule has 1 N–H and O–H groups in total. The van der Waals surface area contributed by atoms with Gasteiger partial charge in [-0.15, -0.1) is 11.8 Å². The van der Waals surface area contributed by atoms with Crippen LogP contribution in [0.1, 0.15) is 25.5 Å². The summed E-state index contributed by atoms with van der Waals surface area (Å²) in [4.78, 5) is 1.29. The van der Waals surface area contributed by atoms with Crippen LogP contribution < -0.4 is 5.32 Å². The molecular weight excluding hydrogens is 238 g/mol. The van der Waals surface area contributed by atoms with Crippen LogP contribution in [0.2, 0.25) is 0 Å². The molecule has 0 amide bonds. The fourth-order valence-electron chi connectivity index (χ4n) is 1.48. The summed E-state index contributed by atoms with van der Waals surface area (Å²) in [6.45, 7) is 5.31. The van der Waals surface area contributed by atoms with E-state index in [2.05, 4.69) is 43.4 Å². The molecule has 0 heterocycles. The van der Waals surface area contributed by atoms with E-state index in [-0.39, 0.29) is 0 Å². The zero-order chi connectivity index (χ0) is 11.8. The Labute approximate surface area is 107 Å². The highest BCUT2D eigenvalue weighted by molar-refractivity contribution is 7.99. The molecule has 0 saturated carbocycles. The maximum atomic E-state index is 5.49. The van der Waals surface area contributed by atoms with Gasteiger partial charge < -0.3 is 5.32 Å². The quantitative estimate of drug-likeness (QED) is 0.765. The molecule has 0 aliphatic carbocycles. The number of hydrogen-bond acceptors (Lipinski definition) is 2. The van der Waals surface area contributed by atoms with Crippen molar-refractivity contribution in [3.8, 4) is 0 Å². The lowest BCUT2D eigenvalue weighted by Gasteiger charge is -2.13. The predicted molar refractivity (Wildman–Crippen MR) is 74.3 cm³/mol. The van der Waals surface area contributed by atoms with Crippen LogP contribution in [0.25, 0.3) is 0 Å². The Bertz CT molecular complexity index is 338. The molecule has 0 saturated heterocycles.